The Bertz CT molecular complexity index is 1130. The molecule has 46 heavy (non-hydrogen) atoms. The zero-order chi connectivity index (χ0) is 33.6. The molecule has 0 aromatic carbocycles. The molecule has 4 saturated heterocycles. The minimum atomic E-state index is -1.28. The monoisotopic (exact) mass is 710 g/mol. The predicted octanol–water partition coefficient (Wildman–Crippen LogP) is 1.50. The largest absolute Gasteiger partial charge is 0.460 e. The number of morpholine rings is 1. The second kappa shape index (κ2) is 16.2. The minimum Gasteiger partial charge on any atom is -0.460 e. The number of rotatable bonds is 17. The van der Waals surface area contributed by atoms with Crippen molar-refractivity contribution in [1.82, 2.24) is 20.0 Å². The Morgan fingerprint density at radius 2 is 1.93 bits per heavy atom. The molecule has 12 nitrogen and oxygen atoms in total. The number of hydrogen-bond acceptors (Lipinski definition) is 9. The SMILES string of the molecule is C=CCCC(=O)NC[C@@H](C)OC(=O)[C@H]1[C@@H]2O[C@@]3(CC2Br)[C@@H]1C(=O)N([C@@H](CO)CC(C)C)[C@@H]3C(=O)N(CC=C)CCN1CCOCC1. The number of amides is 3. The van der Waals surface area contributed by atoms with Crippen LogP contribution < -0.4 is 5.32 Å². The number of halogens is 1. The smallest absolute Gasteiger partial charge is 0.312 e. The Hall–Kier alpha value is -2.32. The van der Waals surface area contributed by atoms with Crippen molar-refractivity contribution in [2.75, 3.05) is 59.1 Å². The number of alkyl halides is 1. The van der Waals surface area contributed by atoms with Gasteiger partial charge in [0.2, 0.25) is 17.7 Å². The summed E-state index contributed by atoms with van der Waals surface area (Å²) in [6, 6.07) is -1.67. The number of likely N-dealkylation sites (tertiary alicyclic amines) is 1. The van der Waals surface area contributed by atoms with Gasteiger partial charge in [0.1, 0.15) is 17.7 Å². The highest BCUT2D eigenvalue weighted by atomic mass is 79.9. The van der Waals surface area contributed by atoms with Crippen LogP contribution in [0.1, 0.15) is 46.5 Å². The maximum Gasteiger partial charge on any atom is 0.312 e. The first kappa shape index (κ1) is 36.5. The predicted molar refractivity (Wildman–Crippen MR) is 175 cm³/mol. The van der Waals surface area contributed by atoms with Crippen molar-refractivity contribution in [3.8, 4) is 0 Å². The lowest BCUT2D eigenvalue weighted by molar-refractivity contribution is -0.160. The number of hydrogen-bond donors (Lipinski definition) is 2. The zero-order valence-electron chi connectivity index (χ0n) is 27.4. The van der Waals surface area contributed by atoms with Crippen LogP contribution >= 0.6 is 15.9 Å². The average Bonchev–Trinajstić information content (AvgIpc) is 3.63. The van der Waals surface area contributed by atoms with Crippen molar-refractivity contribution in [2.24, 2.45) is 17.8 Å². The quantitative estimate of drug-likeness (QED) is 0.131. The van der Waals surface area contributed by atoms with Gasteiger partial charge < -0.3 is 34.4 Å². The standard InChI is InChI=1S/C33H51BrN4O8/c1-6-8-9-25(40)35-19-22(5)45-32(43)26-27-30(41)38(23(20-39)17-21(3)4)29(33(27)18-24(34)28(26)46-33)31(42)37(10-7-2)12-11-36-13-15-44-16-14-36/h6-7,21-24,26-29,39H,1-2,8-20H2,3-5H3,(H,35,40)/t22-,23-,24?,26-,27+,28-,29-,33+/m1/s1. The van der Waals surface area contributed by atoms with Crippen LogP contribution in [0.25, 0.3) is 0 Å². The molecule has 0 radical (unpaired) electrons. The van der Waals surface area contributed by atoms with E-state index in [-0.39, 0.29) is 54.6 Å². The molecule has 4 aliphatic heterocycles. The van der Waals surface area contributed by atoms with Crippen molar-refractivity contribution in [2.45, 2.75) is 81.2 Å². The fourth-order valence-electron chi connectivity index (χ4n) is 7.43. The summed E-state index contributed by atoms with van der Waals surface area (Å²) in [5.41, 5.74) is -1.28. The molecule has 258 valence electrons. The van der Waals surface area contributed by atoms with Gasteiger partial charge in [0, 0.05) is 44.0 Å². The Balaban J connectivity index is 1.62. The lowest BCUT2D eigenvalue weighted by atomic mass is 9.70. The highest BCUT2D eigenvalue weighted by Gasteiger charge is 2.77. The second-order valence-corrected chi connectivity index (χ2v) is 14.5. The topological polar surface area (TPSA) is 138 Å². The van der Waals surface area contributed by atoms with Crippen molar-refractivity contribution < 1.29 is 38.5 Å². The lowest BCUT2D eigenvalue weighted by Gasteiger charge is -2.40. The summed E-state index contributed by atoms with van der Waals surface area (Å²) in [6.45, 7) is 17.1. The Morgan fingerprint density at radius 1 is 1.22 bits per heavy atom. The van der Waals surface area contributed by atoms with Gasteiger partial charge in [0.15, 0.2) is 0 Å². The number of nitrogens with one attached hydrogen (secondary N) is 1. The number of esters is 1. The van der Waals surface area contributed by atoms with Crippen LogP contribution in [0.3, 0.4) is 0 Å². The molecule has 1 unspecified atom stereocenters. The van der Waals surface area contributed by atoms with E-state index >= 15 is 0 Å². The van der Waals surface area contributed by atoms with Crippen LogP contribution in [0.2, 0.25) is 0 Å². The summed E-state index contributed by atoms with van der Waals surface area (Å²) in [5.74, 6) is -3.21. The molecule has 4 aliphatic rings. The zero-order valence-corrected chi connectivity index (χ0v) is 29.0. The highest BCUT2D eigenvalue weighted by Crippen LogP contribution is 2.61. The summed E-state index contributed by atoms with van der Waals surface area (Å²) in [4.78, 5) is 60.3. The van der Waals surface area contributed by atoms with Crippen LogP contribution in [0.5, 0.6) is 0 Å². The number of ether oxygens (including phenoxy) is 3. The lowest BCUT2D eigenvalue weighted by Crippen LogP contribution is -2.59. The van der Waals surface area contributed by atoms with Crippen LogP contribution in [0.4, 0.5) is 0 Å². The van der Waals surface area contributed by atoms with Gasteiger partial charge >= 0.3 is 5.97 Å². The Kier molecular flexibility index (Phi) is 12.8. The number of nitrogens with zero attached hydrogens (tertiary/aromatic N) is 3. The molecule has 3 amide bonds. The van der Waals surface area contributed by atoms with Crippen molar-refractivity contribution in [3.05, 3.63) is 25.3 Å². The average molecular weight is 712 g/mol. The maximum atomic E-state index is 14.7. The maximum absolute atomic E-state index is 14.7. The van der Waals surface area contributed by atoms with Gasteiger partial charge in [-0.15, -0.1) is 13.2 Å². The molecule has 1 spiro atoms. The first-order valence-corrected chi connectivity index (χ1v) is 17.4. The number of carbonyl (C=O) groups excluding carboxylic acids is 4. The molecule has 0 aromatic rings. The van der Waals surface area contributed by atoms with E-state index < -0.39 is 47.7 Å². The Labute approximate surface area is 280 Å². The van der Waals surface area contributed by atoms with Crippen LogP contribution in [-0.2, 0) is 33.4 Å². The molecule has 4 rings (SSSR count). The third-order valence-corrected chi connectivity index (χ3v) is 10.4. The van der Waals surface area contributed by atoms with E-state index in [1.807, 2.05) is 13.8 Å². The molecule has 0 aromatic heterocycles. The Morgan fingerprint density at radius 3 is 2.57 bits per heavy atom. The van der Waals surface area contributed by atoms with E-state index in [4.69, 9.17) is 14.2 Å². The molecule has 2 N–H and O–H groups in total. The first-order chi connectivity index (χ1) is 22.0. The molecule has 0 saturated carbocycles. The molecular formula is C33H51BrN4O8. The summed E-state index contributed by atoms with van der Waals surface area (Å²) >= 11 is 3.70. The van der Waals surface area contributed by atoms with Gasteiger partial charge in [-0.05, 0) is 32.1 Å². The van der Waals surface area contributed by atoms with Gasteiger partial charge in [-0.1, -0.05) is 41.9 Å². The second-order valence-electron chi connectivity index (χ2n) is 13.3. The van der Waals surface area contributed by atoms with E-state index in [1.165, 1.54) is 4.90 Å². The van der Waals surface area contributed by atoms with Crippen LogP contribution in [0, 0.1) is 17.8 Å². The van der Waals surface area contributed by atoms with Gasteiger partial charge in [-0.3, -0.25) is 24.1 Å². The van der Waals surface area contributed by atoms with Crippen LogP contribution in [-0.4, -0.2) is 137 Å². The van der Waals surface area contributed by atoms with E-state index in [1.54, 1.807) is 24.0 Å². The van der Waals surface area contributed by atoms with E-state index in [9.17, 15) is 24.3 Å². The first-order valence-electron chi connectivity index (χ1n) is 16.5. The molecule has 8 atom stereocenters. The van der Waals surface area contributed by atoms with Gasteiger partial charge in [0.25, 0.3) is 0 Å². The van der Waals surface area contributed by atoms with Gasteiger partial charge in [-0.2, -0.15) is 0 Å². The van der Waals surface area contributed by atoms with Gasteiger partial charge in [0.05, 0.1) is 50.3 Å². The van der Waals surface area contributed by atoms with E-state index in [0.29, 0.717) is 45.6 Å². The number of aliphatic hydroxyl groups is 1. The summed E-state index contributed by atoms with van der Waals surface area (Å²) in [5, 5.41) is 13.3. The van der Waals surface area contributed by atoms with E-state index in [2.05, 4.69) is 39.3 Å². The summed E-state index contributed by atoms with van der Waals surface area (Å²) in [6.07, 6.45) is 3.66. The number of aliphatic hydroxyl groups excluding tert-OH is 1. The molecular weight excluding hydrogens is 660 g/mol. The number of allylic oxidation sites excluding steroid dienone is 1. The third kappa shape index (κ3) is 7.69. The number of fused-ring (bicyclic) bond motifs is 1. The van der Waals surface area contributed by atoms with E-state index in [0.717, 1.165) is 13.1 Å². The molecule has 0 aliphatic carbocycles. The van der Waals surface area contributed by atoms with Crippen molar-refractivity contribution in [1.29, 1.82) is 0 Å². The van der Waals surface area contributed by atoms with Gasteiger partial charge in [-0.25, -0.2) is 0 Å². The molecule has 4 fully saturated rings. The summed E-state index contributed by atoms with van der Waals surface area (Å²) < 4.78 is 17.9. The normalized spacial score (nSPS) is 30.2. The third-order valence-electron chi connectivity index (χ3n) is 9.51. The molecule has 13 heteroatoms. The van der Waals surface area contributed by atoms with Crippen molar-refractivity contribution >= 4 is 39.6 Å². The summed E-state index contributed by atoms with van der Waals surface area (Å²) in [7, 11) is 0. The fourth-order valence-corrected chi connectivity index (χ4v) is 8.38. The molecule has 4 heterocycles. The minimum absolute atomic E-state index is 0.120. The molecule has 2 bridgehead atoms. The number of carbonyl (C=O) groups is 4. The fraction of sp³-hybridized carbons (Fsp3) is 0.758. The van der Waals surface area contributed by atoms with Crippen molar-refractivity contribution in [3.63, 3.8) is 0 Å². The van der Waals surface area contributed by atoms with Crippen LogP contribution in [0.15, 0.2) is 25.3 Å². The highest BCUT2D eigenvalue weighted by molar-refractivity contribution is 9.09.